The van der Waals surface area contributed by atoms with E-state index in [4.69, 9.17) is 0 Å². The molecular weight excluding hydrogens is 178 g/mol. The molecule has 0 aromatic heterocycles. The van der Waals surface area contributed by atoms with E-state index in [1.807, 2.05) is 0 Å². The normalized spacial score (nSPS) is 12.5. The summed E-state index contributed by atoms with van der Waals surface area (Å²) in [6.07, 6.45) is -1.30. The molecule has 1 aromatic carbocycles. The van der Waals surface area contributed by atoms with Crippen LogP contribution in [0.3, 0.4) is 0 Å². The van der Waals surface area contributed by atoms with E-state index in [-0.39, 0.29) is 6.42 Å². The number of carbonyl (C=O) groups excluding carboxylic acids is 1. The van der Waals surface area contributed by atoms with Crippen LogP contribution in [0.2, 0.25) is 0 Å². The minimum atomic E-state index is -1.40. The lowest BCUT2D eigenvalue weighted by atomic mass is 10.1. The molecule has 0 aliphatic heterocycles. The summed E-state index contributed by atoms with van der Waals surface area (Å²) in [6, 6.07) is 3.26. The number of hydrogen-bond acceptors (Lipinski definition) is 2. The van der Waals surface area contributed by atoms with Gasteiger partial charge in [0.2, 0.25) is 0 Å². The van der Waals surface area contributed by atoms with Crippen molar-refractivity contribution in [2.45, 2.75) is 12.5 Å². The van der Waals surface area contributed by atoms with Crippen molar-refractivity contribution in [1.82, 2.24) is 0 Å². The van der Waals surface area contributed by atoms with Crippen LogP contribution in [0.1, 0.15) is 18.1 Å². The van der Waals surface area contributed by atoms with E-state index in [9.17, 15) is 18.7 Å². The molecule has 2 nitrogen and oxygen atoms in total. The summed E-state index contributed by atoms with van der Waals surface area (Å²) in [5.41, 5.74) is -0.449. The van der Waals surface area contributed by atoms with Crippen molar-refractivity contribution in [3.05, 3.63) is 35.4 Å². The van der Waals surface area contributed by atoms with E-state index in [0.29, 0.717) is 6.29 Å². The Morgan fingerprint density at radius 2 is 1.92 bits per heavy atom. The third-order valence-electron chi connectivity index (χ3n) is 1.65. The summed E-state index contributed by atoms with van der Waals surface area (Å²) in [4.78, 5) is 10.0. The third kappa shape index (κ3) is 2.09. The lowest BCUT2D eigenvalue weighted by Gasteiger charge is -2.08. The first-order valence-electron chi connectivity index (χ1n) is 3.72. The average molecular weight is 186 g/mol. The molecule has 70 valence electrons. The van der Waals surface area contributed by atoms with Crippen LogP contribution in [0.15, 0.2) is 18.2 Å². The van der Waals surface area contributed by atoms with E-state index in [1.165, 1.54) is 6.07 Å². The Morgan fingerprint density at radius 3 is 2.38 bits per heavy atom. The van der Waals surface area contributed by atoms with Crippen LogP contribution >= 0.6 is 0 Å². The Morgan fingerprint density at radius 1 is 1.38 bits per heavy atom. The molecule has 0 saturated carbocycles. The SMILES string of the molecule is O=CCC(O)c1c(F)cccc1F. The van der Waals surface area contributed by atoms with Gasteiger partial charge in [-0.15, -0.1) is 0 Å². The molecule has 0 aliphatic carbocycles. The zero-order valence-corrected chi connectivity index (χ0v) is 6.71. The van der Waals surface area contributed by atoms with Gasteiger partial charge in [-0.3, -0.25) is 0 Å². The maximum atomic E-state index is 12.9. The molecule has 1 aromatic rings. The maximum absolute atomic E-state index is 12.9. The monoisotopic (exact) mass is 186 g/mol. The van der Waals surface area contributed by atoms with Crippen molar-refractivity contribution >= 4 is 6.29 Å². The Kier molecular flexibility index (Phi) is 3.08. The molecule has 1 N–H and O–H groups in total. The summed E-state index contributed by atoms with van der Waals surface area (Å²) in [7, 11) is 0. The van der Waals surface area contributed by atoms with Gasteiger partial charge in [-0.1, -0.05) is 6.07 Å². The molecule has 0 fully saturated rings. The Balaban J connectivity index is 3.04. The highest BCUT2D eigenvalue weighted by atomic mass is 19.1. The Bertz CT molecular complexity index is 292. The average Bonchev–Trinajstić information content (AvgIpc) is 2.04. The van der Waals surface area contributed by atoms with Crippen molar-refractivity contribution < 1.29 is 18.7 Å². The summed E-state index contributed by atoms with van der Waals surface area (Å²) >= 11 is 0. The van der Waals surface area contributed by atoms with Crippen LogP contribution in [0.4, 0.5) is 8.78 Å². The highest BCUT2D eigenvalue weighted by Crippen LogP contribution is 2.21. The molecule has 0 aliphatic rings. The van der Waals surface area contributed by atoms with Gasteiger partial charge in [0, 0.05) is 6.42 Å². The minimum Gasteiger partial charge on any atom is -0.388 e. The molecule has 0 saturated heterocycles. The van der Waals surface area contributed by atoms with Gasteiger partial charge in [0.15, 0.2) is 0 Å². The molecule has 13 heavy (non-hydrogen) atoms. The predicted octanol–water partition coefficient (Wildman–Crippen LogP) is 1.59. The number of aldehydes is 1. The van der Waals surface area contributed by atoms with Gasteiger partial charge in [0.25, 0.3) is 0 Å². The van der Waals surface area contributed by atoms with Gasteiger partial charge in [0.1, 0.15) is 17.9 Å². The quantitative estimate of drug-likeness (QED) is 0.728. The van der Waals surface area contributed by atoms with Crippen LogP contribution in [0, 0.1) is 11.6 Å². The van der Waals surface area contributed by atoms with Crippen LogP contribution in [-0.4, -0.2) is 11.4 Å². The number of hydrogen-bond donors (Lipinski definition) is 1. The molecule has 1 unspecified atom stereocenters. The van der Waals surface area contributed by atoms with Gasteiger partial charge in [-0.25, -0.2) is 8.78 Å². The molecular formula is C9H8F2O2. The number of carbonyl (C=O) groups is 1. The van der Waals surface area contributed by atoms with Gasteiger partial charge < -0.3 is 9.90 Å². The van der Waals surface area contributed by atoms with E-state index < -0.39 is 23.3 Å². The van der Waals surface area contributed by atoms with Gasteiger partial charge in [-0.05, 0) is 12.1 Å². The maximum Gasteiger partial charge on any atom is 0.131 e. The minimum absolute atomic E-state index is 0.308. The molecule has 0 heterocycles. The van der Waals surface area contributed by atoms with Crippen molar-refractivity contribution in [2.24, 2.45) is 0 Å². The Labute approximate surface area is 73.8 Å². The van der Waals surface area contributed by atoms with Crippen molar-refractivity contribution in [2.75, 3.05) is 0 Å². The van der Waals surface area contributed by atoms with Crippen molar-refractivity contribution in [3.63, 3.8) is 0 Å². The van der Waals surface area contributed by atoms with Crippen molar-refractivity contribution in [3.8, 4) is 0 Å². The fraction of sp³-hybridized carbons (Fsp3) is 0.222. The Hall–Kier alpha value is -1.29. The highest BCUT2D eigenvalue weighted by molar-refractivity contribution is 5.51. The lowest BCUT2D eigenvalue weighted by Crippen LogP contribution is -2.04. The second-order valence-electron chi connectivity index (χ2n) is 2.55. The van der Waals surface area contributed by atoms with E-state index in [1.54, 1.807) is 0 Å². The van der Waals surface area contributed by atoms with Crippen LogP contribution in [0.25, 0.3) is 0 Å². The van der Waals surface area contributed by atoms with Gasteiger partial charge in [-0.2, -0.15) is 0 Å². The molecule has 1 atom stereocenters. The van der Waals surface area contributed by atoms with E-state index in [2.05, 4.69) is 0 Å². The second-order valence-corrected chi connectivity index (χ2v) is 2.55. The molecule has 0 amide bonds. The van der Waals surface area contributed by atoms with E-state index >= 15 is 0 Å². The topological polar surface area (TPSA) is 37.3 Å². The first-order chi connectivity index (χ1) is 6.16. The van der Waals surface area contributed by atoms with Crippen molar-refractivity contribution in [1.29, 1.82) is 0 Å². The molecule has 1 rings (SSSR count). The van der Waals surface area contributed by atoms with E-state index in [0.717, 1.165) is 12.1 Å². The summed E-state index contributed by atoms with van der Waals surface area (Å²) in [5, 5.41) is 9.17. The standard InChI is InChI=1S/C9H8F2O2/c10-6-2-1-3-7(11)9(6)8(13)4-5-12/h1-3,5,8,13H,4H2. The zero-order chi connectivity index (χ0) is 9.84. The highest BCUT2D eigenvalue weighted by Gasteiger charge is 2.16. The second kappa shape index (κ2) is 4.09. The van der Waals surface area contributed by atoms with Gasteiger partial charge in [0.05, 0.1) is 11.7 Å². The lowest BCUT2D eigenvalue weighted by molar-refractivity contribution is -0.109. The zero-order valence-electron chi connectivity index (χ0n) is 6.71. The predicted molar refractivity (Wildman–Crippen MR) is 42.0 cm³/mol. The summed E-state index contributed by atoms with van der Waals surface area (Å²) < 4.78 is 25.8. The number of benzene rings is 1. The first kappa shape index (κ1) is 9.80. The third-order valence-corrected chi connectivity index (χ3v) is 1.65. The molecule has 0 radical (unpaired) electrons. The fourth-order valence-corrected chi connectivity index (χ4v) is 1.04. The smallest absolute Gasteiger partial charge is 0.131 e. The molecule has 0 bridgehead atoms. The molecule has 4 heteroatoms. The van der Waals surface area contributed by atoms with Crippen LogP contribution < -0.4 is 0 Å². The molecule has 0 spiro atoms. The number of aliphatic hydroxyl groups excluding tert-OH is 1. The van der Waals surface area contributed by atoms with Crippen LogP contribution in [-0.2, 0) is 4.79 Å². The largest absolute Gasteiger partial charge is 0.388 e. The van der Waals surface area contributed by atoms with Crippen LogP contribution in [0.5, 0.6) is 0 Å². The number of halogens is 2. The number of rotatable bonds is 3. The summed E-state index contributed by atoms with van der Waals surface area (Å²) in [5.74, 6) is -1.68. The summed E-state index contributed by atoms with van der Waals surface area (Å²) in [6.45, 7) is 0. The fourth-order valence-electron chi connectivity index (χ4n) is 1.04. The first-order valence-corrected chi connectivity index (χ1v) is 3.72. The van der Waals surface area contributed by atoms with Gasteiger partial charge >= 0.3 is 0 Å². The number of aliphatic hydroxyl groups is 1.